The highest BCUT2D eigenvalue weighted by Gasteiger charge is 2.32. The third-order valence-electron chi connectivity index (χ3n) is 5.28. The summed E-state index contributed by atoms with van der Waals surface area (Å²) in [6.45, 7) is 3.04. The highest BCUT2D eigenvalue weighted by Crippen LogP contribution is 2.32. The first-order valence-electron chi connectivity index (χ1n) is 8.83. The maximum absolute atomic E-state index is 12.1. The minimum absolute atomic E-state index is 0.232. The normalized spacial score (nSPS) is 24.7. The molecule has 0 unspecified atom stereocenters. The molecule has 2 heterocycles. The van der Waals surface area contributed by atoms with Crippen LogP contribution in [0.3, 0.4) is 0 Å². The van der Waals surface area contributed by atoms with Crippen molar-refractivity contribution in [2.45, 2.75) is 44.6 Å². The van der Waals surface area contributed by atoms with E-state index >= 15 is 0 Å². The Balaban J connectivity index is 1.47. The number of fused-ring (bicyclic) bond motifs is 1. The first-order chi connectivity index (χ1) is 11.3. The molecule has 1 aromatic carbocycles. The third-order valence-corrected chi connectivity index (χ3v) is 5.28. The Morgan fingerprint density at radius 3 is 2.70 bits per heavy atom. The number of hydrogen-bond donors (Lipinski definition) is 0. The molecule has 0 amide bonds. The highest BCUT2D eigenvalue weighted by atomic mass is 16.5. The van der Waals surface area contributed by atoms with Crippen LogP contribution in [0.15, 0.2) is 24.3 Å². The molecule has 2 saturated heterocycles. The molecule has 0 aliphatic carbocycles. The number of hydrogen-bond acceptors (Lipinski definition) is 4. The molecule has 4 heteroatoms. The molecule has 0 bridgehead atoms. The predicted octanol–water partition coefficient (Wildman–Crippen LogP) is 3.51. The van der Waals surface area contributed by atoms with Gasteiger partial charge >= 0.3 is 5.97 Å². The topological polar surface area (TPSA) is 38.8 Å². The monoisotopic (exact) mass is 317 g/mol. The number of carbonyl (C=O) groups excluding carboxylic acids is 1. The van der Waals surface area contributed by atoms with Gasteiger partial charge in [0.2, 0.25) is 0 Å². The SMILES string of the molecule is COc1ccc(C(=O)OCC[C@H]2CCCN3CCCC[C@@H]23)cc1. The van der Waals surface area contributed by atoms with Crippen molar-refractivity contribution in [3.05, 3.63) is 29.8 Å². The molecule has 3 rings (SSSR count). The van der Waals surface area contributed by atoms with E-state index in [0.29, 0.717) is 18.1 Å². The van der Waals surface area contributed by atoms with E-state index in [0.717, 1.165) is 18.2 Å². The Hall–Kier alpha value is -1.55. The molecule has 2 aliphatic heterocycles. The molecule has 126 valence electrons. The Morgan fingerprint density at radius 2 is 1.91 bits per heavy atom. The Labute approximate surface area is 138 Å². The maximum Gasteiger partial charge on any atom is 0.338 e. The van der Waals surface area contributed by atoms with Crippen molar-refractivity contribution >= 4 is 5.97 Å². The minimum Gasteiger partial charge on any atom is -0.497 e. The summed E-state index contributed by atoms with van der Waals surface area (Å²) >= 11 is 0. The van der Waals surface area contributed by atoms with Gasteiger partial charge in [-0.05, 0) is 75.4 Å². The van der Waals surface area contributed by atoms with Crippen LogP contribution in [0.2, 0.25) is 0 Å². The zero-order valence-corrected chi connectivity index (χ0v) is 14.0. The van der Waals surface area contributed by atoms with Crippen LogP contribution in [0.4, 0.5) is 0 Å². The van der Waals surface area contributed by atoms with Crippen molar-refractivity contribution in [1.29, 1.82) is 0 Å². The summed E-state index contributed by atoms with van der Waals surface area (Å²) in [6, 6.07) is 7.81. The van der Waals surface area contributed by atoms with E-state index in [1.165, 1.54) is 45.2 Å². The van der Waals surface area contributed by atoms with Gasteiger partial charge in [-0.15, -0.1) is 0 Å². The Kier molecular flexibility index (Phi) is 5.55. The predicted molar refractivity (Wildman–Crippen MR) is 89.8 cm³/mol. The molecule has 0 radical (unpaired) electrons. The summed E-state index contributed by atoms with van der Waals surface area (Å²) in [7, 11) is 1.62. The Morgan fingerprint density at radius 1 is 1.13 bits per heavy atom. The Bertz CT molecular complexity index is 512. The molecule has 4 nitrogen and oxygen atoms in total. The number of benzene rings is 1. The fourth-order valence-corrected chi connectivity index (χ4v) is 4.03. The zero-order valence-electron chi connectivity index (χ0n) is 14.0. The lowest BCUT2D eigenvalue weighted by Crippen LogP contribution is -2.48. The molecule has 2 aliphatic rings. The van der Waals surface area contributed by atoms with Crippen molar-refractivity contribution < 1.29 is 14.3 Å². The number of ether oxygens (including phenoxy) is 2. The van der Waals surface area contributed by atoms with Gasteiger partial charge in [-0.2, -0.15) is 0 Å². The van der Waals surface area contributed by atoms with Crippen molar-refractivity contribution in [1.82, 2.24) is 4.90 Å². The van der Waals surface area contributed by atoms with E-state index in [2.05, 4.69) is 4.90 Å². The minimum atomic E-state index is -0.232. The number of nitrogens with zero attached hydrogens (tertiary/aromatic N) is 1. The number of esters is 1. The van der Waals surface area contributed by atoms with Gasteiger partial charge in [0.15, 0.2) is 0 Å². The number of piperidine rings is 2. The largest absolute Gasteiger partial charge is 0.497 e. The van der Waals surface area contributed by atoms with E-state index in [-0.39, 0.29) is 5.97 Å². The van der Waals surface area contributed by atoms with Crippen molar-refractivity contribution in [2.24, 2.45) is 5.92 Å². The summed E-state index contributed by atoms with van der Waals surface area (Å²) in [4.78, 5) is 14.8. The van der Waals surface area contributed by atoms with Crippen LogP contribution in [0.5, 0.6) is 5.75 Å². The molecule has 23 heavy (non-hydrogen) atoms. The lowest BCUT2D eigenvalue weighted by atomic mass is 9.82. The molecule has 0 spiro atoms. The zero-order chi connectivity index (χ0) is 16.1. The van der Waals surface area contributed by atoms with Gasteiger partial charge in [-0.1, -0.05) is 6.42 Å². The van der Waals surface area contributed by atoms with Crippen LogP contribution in [0.1, 0.15) is 48.9 Å². The lowest BCUT2D eigenvalue weighted by molar-refractivity contribution is 0.0296. The van der Waals surface area contributed by atoms with Gasteiger partial charge in [0.1, 0.15) is 5.75 Å². The second kappa shape index (κ2) is 7.82. The number of rotatable bonds is 5. The van der Waals surface area contributed by atoms with Gasteiger partial charge in [0, 0.05) is 6.04 Å². The van der Waals surface area contributed by atoms with E-state index < -0.39 is 0 Å². The third kappa shape index (κ3) is 4.05. The summed E-state index contributed by atoms with van der Waals surface area (Å²) in [5.74, 6) is 1.21. The number of methoxy groups -OCH3 is 1. The molecule has 2 atom stereocenters. The first-order valence-corrected chi connectivity index (χ1v) is 8.83. The smallest absolute Gasteiger partial charge is 0.338 e. The van der Waals surface area contributed by atoms with E-state index in [9.17, 15) is 4.79 Å². The molecular formula is C19H27NO3. The first kappa shape index (κ1) is 16.3. The lowest BCUT2D eigenvalue weighted by Gasteiger charge is -2.44. The average molecular weight is 317 g/mol. The van der Waals surface area contributed by atoms with Gasteiger partial charge in [-0.3, -0.25) is 0 Å². The summed E-state index contributed by atoms with van der Waals surface area (Å²) in [5.41, 5.74) is 0.591. The molecule has 0 aromatic heterocycles. The van der Waals surface area contributed by atoms with Crippen LogP contribution < -0.4 is 4.74 Å². The van der Waals surface area contributed by atoms with Crippen LogP contribution in [0.25, 0.3) is 0 Å². The van der Waals surface area contributed by atoms with Crippen LogP contribution in [-0.2, 0) is 4.74 Å². The van der Waals surface area contributed by atoms with Crippen molar-refractivity contribution in [2.75, 3.05) is 26.8 Å². The van der Waals surface area contributed by atoms with Gasteiger partial charge in [0.05, 0.1) is 19.3 Å². The van der Waals surface area contributed by atoms with E-state index in [4.69, 9.17) is 9.47 Å². The highest BCUT2D eigenvalue weighted by molar-refractivity contribution is 5.89. The van der Waals surface area contributed by atoms with Crippen molar-refractivity contribution in [3.63, 3.8) is 0 Å². The van der Waals surface area contributed by atoms with Crippen LogP contribution in [0, 0.1) is 5.92 Å². The molecule has 0 saturated carbocycles. The quantitative estimate of drug-likeness (QED) is 0.779. The number of carbonyl (C=O) groups is 1. The van der Waals surface area contributed by atoms with Crippen molar-refractivity contribution in [3.8, 4) is 5.75 Å². The van der Waals surface area contributed by atoms with Gasteiger partial charge < -0.3 is 14.4 Å². The van der Waals surface area contributed by atoms with E-state index in [1.807, 2.05) is 0 Å². The fourth-order valence-electron chi connectivity index (χ4n) is 4.03. The molecule has 0 N–H and O–H groups in total. The van der Waals surface area contributed by atoms with Gasteiger partial charge in [0.25, 0.3) is 0 Å². The molecule has 1 aromatic rings. The second-order valence-electron chi connectivity index (χ2n) is 6.65. The maximum atomic E-state index is 12.1. The fraction of sp³-hybridized carbons (Fsp3) is 0.632. The average Bonchev–Trinajstić information content (AvgIpc) is 2.62. The van der Waals surface area contributed by atoms with E-state index in [1.54, 1.807) is 31.4 Å². The van der Waals surface area contributed by atoms with Crippen LogP contribution in [-0.4, -0.2) is 43.7 Å². The molecular weight excluding hydrogens is 290 g/mol. The summed E-state index contributed by atoms with van der Waals surface area (Å²) < 4.78 is 10.6. The summed E-state index contributed by atoms with van der Waals surface area (Å²) in [5, 5.41) is 0. The standard InChI is InChI=1S/C19H27NO3/c1-22-17-9-7-16(8-10-17)19(21)23-14-11-15-5-4-13-20-12-3-2-6-18(15)20/h7-10,15,18H,2-6,11-14H2,1H3/t15-,18+/m1/s1. The van der Waals surface area contributed by atoms with Gasteiger partial charge in [-0.25, -0.2) is 4.79 Å². The summed E-state index contributed by atoms with van der Waals surface area (Å²) in [6.07, 6.45) is 7.56. The molecule has 2 fully saturated rings. The second-order valence-corrected chi connectivity index (χ2v) is 6.65. The van der Waals surface area contributed by atoms with Crippen LogP contribution >= 0.6 is 0 Å².